The first-order valence-electron chi connectivity index (χ1n) is 9.06. The fourth-order valence-corrected chi connectivity index (χ4v) is 3.49. The Hall–Kier alpha value is -2.63. The maximum atomic E-state index is 12.8. The Kier molecular flexibility index (Phi) is 5.40. The zero-order chi connectivity index (χ0) is 18.7. The van der Waals surface area contributed by atoms with Crippen LogP contribution in [-0.4, -0.2) is 28.8 Å². The number of para-hydroxylation sites is 1. The Morgan fingerprint density at radius 1 is 1.27 bits per heavy atom. The summed E-state index contributed by atoms with van der Waals surface area (Å²) in [6.45, 7) is 4.06. The third-order valence-corrected chi connectivity index (χ3v) is 5.10. The Morgan fingerprint density at radius 3 is 2.69 bits per heavy atom. The number of carbonyl (C=O) groups is 1. The first kappa shape index (κ1) is 18.2. The lowest BCUT2D eigenvalue weighted by molar-refractivity contribution is 0.0899. The summed E-state index contributed by atoms with van der Waals surface area (Å²) in [7, 11) is 1.44. The molecule has 0 radical (unpaired) electrons. The molecule has 138 valence electrons. The average Bonchev–Trinajstić information content (AvgIpc) is 2.64. The third-order valence-electron chi connectivity index (χ3n) is 5.10. The number of rotatable bonds is 4. The normalized spacial score (nSPS) is 19.8. The molecule has 1 heterocycles. The maximum absolute atomic E-state index is 12.8. The molecule has 6 nitrogen and oxygen atoms in total. The van der Waals surface area contributed by atoms with Crippen molar-refractivity contribution in [2.75, 3.05) is 7.11 Å². The van der Waals surface area contributed by atoms with Crippen molar-refractivity contribution in [3.63, 3.8) is 0 Å². The summed E-state index contributed by atoms with van der Waals surface area (Å²) in [4.78, 5) is 25.3. The summed E-state index contributed by atoms with van der Waals surface area (Å²) in [6.07, 6.45) is 4.39. The number of nitrogens with zero attached hydrogens (tertiary/aromatic N) is 2. The van der Waals surface area contributed by atoms with Gasteiger partial charge in [0.2, 0.25) is 0 Å². The van der Waals surface area contributed by atoms with E-state index in [1.807, 2.05) is 25.1 Å². The molecule has 2 atom stereocenters. The van der Waals surface area contributed by atoms with E-state index in [1.54, 1.807) is 6.07 Å². The SMILES string of the molecule is COc1cc(=O)n(-c2ccccc2C)nc1C(=O)N[C@H]1CCCC[C@H]1C. The monoisotopic (exact) mass is 355 g/mol. The van der Waals surface area contributed by atoms with Crippen LogP contribution in [0.5, 0.6) is 5.75 Å². The molecule has 3 rings (SSSR count). The summed E-state index contributed by atoms with van der Waals surface area (Å²) in [5.41, 5.74) is 1.35. The van der Waals surface area contributed by atoms with Gasteiger partial charge in [-0.3, -0.25) is 9.59 Å². The molecular formula is C20H25N3O3. The van der Waals surface area contributed by atoms with Crippen LogP contribution in [0, 0.1) is 12.8 Å². The summed E-state index contributed by atoms with van der Waals surface area (Å²) in [6, 6.07) is 8.88. The highest BCUT2D eigenvalue weighted by molar-refractivity contribution is 5.95. The van der Waals surface area contributed by atoms with Gasteiger partial charge in [-0.15, -0.1) is 0 Å². The van der Waals surface area contributed by atoms with E-state index in [-0.39, 0.29) is 29.0 Å². The van der Waals surface area contributed by atoms with Crippen molar-refractivity contribution in [2.45, 2.75) is 45.6 Å². The highest BCUT2D eigenvalue weighted by Gasteiger charge is 2.26. The van der Waals surface area contributed by atoms with Gasteiger partial charge in [0.1, 0.15) is 0 Å². The second-order valence-electron chi connectivity index (χ2n) is 6.94. The van der Waals surface area contributed by atoms with Gasteiger partial charge in [0.15, 0.2) is 11.4 Å². The topological polar surface area (TPSA) is 73.2 Å². The van der Waals surface area contributed by atoms with E-state index in [1.165, 1.54) is 24.3 Å². The molecule has 1 fully saturated rings. The van der Waals surface area contributed by atoms with Crippen LogP contribution in [0.4, 0.5) is 0 Å². The molecule has 1 N–H and O–H groups in total. The number of nitrogens with one attached hydrogen (secondary N) is 1. The first-order valence-corrected chi connectivity index (χ1v) is 9.06. The van der Waals surface area contributed by atoms with Crippen molar-refractivity contribution >= 4 is 5.91 Å². The van der Waals surface area contributed by atoms with Crippen LogP contribution >= 0.6 is 0 Å². The van der Waals surface area contributed by atoms with Crippen LogP contribution in [-0.2, 0) is 0 Å². The molecule has 1 amide bonds. The third kappa shape index (κ3) is 3.64. The number of methoxy groups -OCH3 is 1. The molecule has 1 aromatic heterocycles. The second kappa shape index (κ2) is 7.72. The van der Waals surface area contributed by atoms with Gasteiger partial charge < -0.3 is 10.1 Å². The van der Waals surface area contributed by atoms with E-state index in [0.29, 0.717) is 11.6 Å². The zero-order valence-corrected chi connectivity index (χ0v) is 15.5. The summed E-state index contributed by atoms with van der Waals surface area (Å²) in [5.74, 6) is 0.324. The predicted octanol–water partition coefficient (Wildman–Crippen LogP) is 2.86. The number of aryl methyl sites for hydroxylation is 1. The molecule has 1 aromatic carbocycles. The van der Waals surface area contributed by atoms with E-state index in [0.717, 1.165) is 24.8 Å². The van der Waals surface area contributed by atoms with Gasteiger partial charge in [0.05, 0.1) is 18.9 Å². The zero-order valence-electron chi connectivity index (χ0n) is 15.5. The van der Waals surface area contributed by atoms with Gasteiger partial charge in [-0.25, -0.2) is 0 Å². The van der Waals surface area contributed by atoms with Crippen LogP contribution < -0.4 is 15.6 Å². The molecular weight excluding hydrogens is 330 g/mol. The highest BCUT2D eigenvalue weighted by atomic mass is 16.5. The van der Waals surface area contributed by atoms with Gasteiger partial charge in [0.25, 0.3) is 11.5 Å². The molecule has 2 aromatic rings. The van der Waals surface area contributed by atoms with Crippen LogP contribution in [0.3, 0.4) is 0 Å². The largest absolute Gasteiger partial charge is 0.494 e. The lowest BCUT2D eigenvalue weighted by Crippen LogP contribution is -2.42. The minimum Gasteiger partial charge on any atom is -0.494 e. The molecule has 1 saturated carbocycles. The first-order chi connectivity index (χ1) is 12.5. The van der Waals surface area contributed by atoms with E-state index in [4.69, 9.17) is 4.74 Å². The van der Waals surface area contributed by atoms with Gasteiger partial charge >= 0.3 is 0 Å². The highest BCUT2D eigenvalue weighted by Crippen LogP contribution is 2.24. The van der Waals surface area contributed by atoms with Gasteiger partial charge in [-0.1, -0.05) is 38.0 Å². The number of benzene rings is 1. The standard InChI is InChI=1S/C20H25N3O3/c1-13-8-4-6-10-15(13)21-20(25)19-17(26-3)12-18(24)23(22-19)16-11-7-5-9-14(16)2/h5,7,9,11-13,15H,4,6,8,10H2,1-3H3,(H,21,25)/t13-,15+/m1/s1. The molecule has 1 aliphatic rings. The summed E-state index contributed by atoms with van der Waals surface area (Å²) >= 11 is 0. The molecule has 0 saturated heterocycles. The minimum absolute atomic E-state index is 0.126. The van der Waals surface area contributed by atoms with Gasteiger partial charge in [-0.2, -0.15) is 9.78 Å². The number of aromatic nitrogens is 2. The number of amides is 1. The van der Waals surface area contributed by atoms with Crippen LogP contribution in [0.2, 0.25) is 0 Å². The molecule has 0 spiro atoms. The molecule has 0 bridgehead atoms. The second-order valence-corrected chi connectivity index (χ2v) is 6.94. The van der Waals surface area contributed by atoms with Crippen molar-refractivity contribution in [2.24, 2.45) is 5.92 Å². The van der Waals surface area contributed by atoms with Crippen molar-refractivity contribution in [1.29, 1.82) is 0 Å². The van der Waals surface area contributed by atoms with E-state index >= 15 is 0 Å². The molecule has 0 aliphatic heterocycles. The minimum atomic E-state index is -0.335. The Morgan fingerprint density at radius 2 is 2.00 bits per heavy atom. The number of ether oxygens (including phenoxy) is 1. The number of hydrogen-bond acceptors (Lipinski definition) is 4. The predicted molar refractivity (Wildman–Crippen MR) is 100 cm³/mol. The summed E-state index contributed by atoms with van der Waals surface area (Å²) in [5, 5.41) is 7.41. The fourth-order valence-electron chi connectivity index (χ4n) is 3.49. The van der Waals surface area contributed by atoms with Crippen molar-refractivity contribution in [3.05, 3.63) is 51.9 Å². The lowest BCUT2D eigenvalue weighted by atomic mass is 9.86. The number of carbonyl (C=O) groups excluding carboxylic acids is 1. The van der Waals surface area contributed by atoms with Crippen molar-refractivity contribution < 1.29 is 9.53 Å². The average molecular weight is 355 g/mol. The van der Waals surface area contributed by atoms with Crippen LogP contribution in [0.25, 0.3) is 5.69 Å². The van der Waals surface area contributed by atoms with E-state index in [9.17, 15) is 9.59 Å². The Bertz CT molecular complexity index is 860. The smallest absolute Gasteiger partial charge is 0.275 e. The van der Waals surface area contributed by atoms with E-state index in [2.05, 4.69) is 17.3 Å². The van der Waals surface area contributed by atoms with Crippen molar-refractivity contribution in [1.82, 2.24) is 15.1 Å². The quantitative estimate of drug-likeness (QED) is 0.915. The Labute approximate surface area is 153 Å². The maximum Gasteiger partial charge on any atom is 0.275 e. The summed E-state index contributed by atoms with van der Waals surface area (Å²) < 4.78 is 6.51. The molecule has 0 unspecified atom stereocenters. The van der Waals surface area contributed by atoms with Crippen molar-refractivity contribution in [3.8, 4) is 11.4 Å². The Balaban J connectivity index is 1.98. The van der Waals surface area contributed by atoms with Crippen LogP contribution in [0.1, 0.15) is 48.7 Å². The van der Waals surface area contributed by atoms with Gasteiger partial charge in [0, 0.05) is 6.04 Å². The molecule has 1 aliphatic carbocycles. The number of hydrogen-bond donors (Lipinski definition) is 1. The fraction of sp³-hybridized carbons (Fsp3) is 0.450. The molecule has 6 heteroatoms. The van der Waals surface area contributed by atoms with E-state index < -0.39 is 0 Å². The molecule has 26 heavy (non-hydrogen) atoms. The van der Waals surface area contributed by atoms with Crippen LogP contribution in [0.15, 0.2) is 35.1 Å². The van der Waals surface area contributed by atoms with Gasteiger partial charge in [-0.05, 0) is 37.3 Å². The lowest BCUT2D eigenvalue weighted by Gasteiger charge is -2.29.